The zero-order valence-corrected chi connectivity index (χ0v) is 18.0. The number of amides is 1. The SMILES string of the molecule is O=C1Nc2ccccc2CCC1NC(CCc1ccccc1)C(=O)OCc1ccccc1. The molecule has 32 heavy (non-hydrogen) atoms. The standard InChI is InChI=1S/C27H28N2O3/c30-26-24(18-16-22-13-7-8-14-23(22)29-26)28-25(17-15-20-9-3-1-4-10-20)27(31)32-19-21-11-5-2-6-12-21/h1-14,24-25,28H,15-19H2,(H,29,30). The van der Waals surface area contributed by atoms with E-state index >= 15 is 0 Å². The van der Waals surface area contributed by atoms with Crippen molar-refractivity contribution in [1.29, 1.82) is 0 Å². The van der Waals surface area contributed by atoms with E-state index in [0.29, 0.717) is 19.3 Å². The van der Waals surface area contributed by atoms with Gasteiger partial charge in [0.1, 0.15) is 12.6 Å². The van der Waals surface area contributed by atoms with Crippen molar-refractivity contribution in [2.45, 2.75) is 44.4 Å². The maximum absolute atomic E-state index is 13.0. The van der Waals surface area contributed by atoms with E-state index in [9.17, 15) is 9.59 Å². The van der Waals surface area contributed by atoms with E-state index in [1.165, 1.54) is 0 Å². The highest BCUT2D eigenvalue weighted by Crippen LogP contribution is 2.22. The van der Waals surface area contributed by atoms with Crippen LogP contribution in [-0.2, 0) is 33.8 Å². The Balaban J connectivity index is 1.44. The van der Waals surface area contributed by atoms with Gasteiger partial charge in [-0.25, -0.2) is 0 Å². The fraction of sp³-hybridized carbons (Fsp3) is 0.259. The number of carbonyl (C=O) groups excluding carboxylic acids is 2. The van der Waals surface area contributed by atoms with E-state index in [0.717, 1.165) is 28.8 Å². The van der Waals surface area contributed by atoms with E-state index in [2.05, 4.69) is 10.6 Å². The Hall–Kier alpha value is -3.44. The Morgan fingerprint density at radius 1 is 0.938 bits per heavy atom. The summed E-state index contributed by atoms with van der Waals surface area (Å²) in [5, 5.41) is 6.30. The molecule has 0 aliphatic carbocycles. The van der Waals surface area contributed by atoms with Gasteiger partial charge in [0.25, 0.3) is 0 Å². The number of benzene rings is 3. The molecule has 3 aromatic rings. The van der Waals surface area contributed by atoms with Crippen LogP contribution in [0.2, 0.25) is 0 Å². The molecule has 0 bridgehead atoms. The lowest BCUT2D eigenvalue weighted by atomic mass is 10.0. The Kier molecular flexibility index (Phi) is 7.31. The highest BCUT2D eigenvalue weighted by atomic mass is 16.5. The minimum atomic E-state index is -0.573. The van der Waals surface area contributed by atoms with Crippen molar-refractivity contribution in [3.63, 3.8) is 0 Å². The van der Waals surface area contributed by atoms with Crippen LogP contribution in [0.1, 0.15) is 29.5 Å². The minimum Gasteiger partial charge on any atom is -0.460 e. The van der Waals surface area contributed by atoms with Gasteiger partial charge in [0, 0.05) is 5.69 Å². The van der Waals surface area contributed by atoms with E-state index in [-0.39, 0.29) is 18.5 Å². The molecule has 164 valence electrons. The van der Waals surface area contributed by atoms with Crippen LogP contribution in [0.3, 0.4) is 0 Å². The van der Waals surface area contributed by atoms with Gasteiger partial charge in [-0.05, 0) is 48.4 Å². The van der Waals surface area contributed by atoms with E-state index in [4.69, 9.17) is 4.74 Å². The second-order valence-corrected chi connectivity index (χ2v) is 8.07. The number of esters is 1. The van der Waals surface area contributed by atoms with Gasteiger partial charge in [0.05, 0.1) is 6.04 Å². The number of hydrogen-bond donors (Lipinski definition) is 2. The lowest BCUT2D eigenvalue weighted by molar-refractivity contribution is -0.148. The monoisotopic (exact) mass is 428 g/mol. The van der Waals surface area contributed by atoms with Crippen LogP contribution in [0.15, 0.2) is 84.9 Å². The van der Waals surface area contributed by atoms with Crippen LogP contribution in [0.25, 0.3) is 0 Å². The first-order valence-corrected chi connectivity index (χ1v) is 11.1. The number of anilines is 1. The molecule has 1 aliphatic heterocycles. The smallest absolute Gasteiger partial charge is 0.323 e. The number of rotatable bonds is 8. The Morgan fingerprint density at radius 3 is 2.34 bits per heavy atom. The van der Waals surface area contributed by atoms with Crippen molar-refractivity contribution in [3.8, 4) is 0 Å². The first-order chi connectivity index (χ1) is 15.7. The summed E-state index contributed by atoms with van der Waals surface area (Å²) in [5.41, 5.74) is 4.03. The summed E-state index contributed by atoms with van der Waals surface area (Å²) in [4.78, 5) is 25.9. The van der Waals surface area contributed by atoms with Crippen LogP contribution in [0.5, 0.6) is 0 Å². The second kappa shape index (κ2) is 10.7. The maximum Gasteiger partial charge on any atom is 0.323 e. The van der Waals surface area contributed by atoms with Crippen molar-refractivity contribution in [3.05, 3.63) is 102 Å². The first-order valence-electron chi connectivity index (χ1n) is 11.1. The quantitative estimate of drug-likeness (QED) is 0.526. The largest absolute Gasteiger partial charge is 0.460 e. The van der Waals surface area contributed by atoms with Crippen molar-refractivity contribution in [2.75, 3.05) is 5.32 Å². The highest BCUT2D eigenvalue weighted by molar-refractivity contribution is 5.96. The van der Waals surface area contributed by atoms with Crippen LogP contribution < -0.4 is 10.6 Å². The first kappa shape index (κ1) is 21.8. The van der Waals surface area contributed by atoms with Crippen molar-refractivity contribution in [1.82, 2.24) is 5.32 Å². The van der Waals surface area contributed by atoms with Crippen LogP contribution in [-0.4, -0.2) is 24.0 Å². The summed E-state index contributed by atoms with van der Waals surface area (Å²) < 4.78 is 5.62. The molecule has 4 rings (SSSR count). The predicted octanol–water partition coefficient (Wildman–Crippen LogP) is 4.27. The summed E-state index contributed by atoms with van der Waals surface area (Å²) in [7, 11) is 0. The molecule has 5 heteroatoms. The molecule has 1 amide bonds. The molecule has 0 saturated carbocycles. The van der Waals surface area contributed by atoms with E-state index in [1.807, 2.05) is 84.9 Å². The molecule has 0 aromatic heterocycles. The van der Waals surface area contributed by atoms with Gasteiger partial charge >= 0.3 is 5.97 Å². The minimum absolute atomic E-state index is 0.115. The molecule has 0 radical (unpaired) electrons. The fourth-order valence-corrected chi connectivity index (χ4v) is 3.97. The lowest BCUT2D eigenvalue weighted by Gasteiger charge is -2.23. The van der Waals surface area contributed by atoms with E-state index in [1.54, 1.807) is 0 Å². The van der Waals surface area contributed by atoms with Crippen molar-refractivity contribution >= 4 is 17.6 Å². The molecule has 5 nitrogen and oxygen atoms in total. The number of aryl methyl sites for hydroxylation is 2. The number of hydrogen-bond acceptors (Lipinski definition) is 4. The molecule has 3 aromatic carbocycles. The van der Waals surface area contributed by atoms with Crippen LogP contribution >= 0.6 is 0 Å². The topological polar surface area (TPSA) is 67.4 Å². The fourth-order valence-electron chi connectivity index (χ4n) is 3.97. The van der Waals surface area contributed by atoms with Gasteiger partial charge in [0.15, 0.2) is 0 Å². The number of fused-ring (bicyclic) bond motifs is 1. The molecule has 2 unspecified atom stereocenters. The number of para-hydroxylation sites is 1. The summed E-state index contributed by atoms with van der Waals surface area (Å²) in [6, 6.07) is 26.4. The van der Waals surface area contributed by atoms with Gasteiger partial charge in [-0.1, -0.05) is 78.9 Å². The van der Waals surface area contributed by atoms with Gasteiger partial charge in [-0.15, -0.1) is 0 Å². The second-order valence-electron chi connectivity index (χ2n) is 8.07. The van der Waals surface area contributed by atoms with Crippen molar-refractivity contribution in [2.24, 2.45) is 0 Å². The zero-order valence-electron chi connectivity index (χ0n) is 18.0. The predicted molar refractivity (Wildman–Crippen MR) is 125 cm³/mol. The third kappa shape index (κ3) is 5.83. The van der Waals surface area contributed by atoms with Crippen LogP contribution in [0, 0.1) is 0 Å². The third-order valence-corrected chi connectivity index (χ3v) is 5.77. The highest BCUT2D eigenvalue weighted by Gasteiger charge is 2.29. The molecule has 1 aliphatic rings. The maximum atomic E-state index is 13.0. The van der Waals surface area contributed by atoms with Crippen LogP contribution in [0.4, 0.5) is 5.69 Å². The molecular formula is C27H28N2O3. The Morgan fingerprint density at radius 2 is 1.59 bits per heavy atom. The Labute approximate surface area is 188 Å². The lowest BCUT2D eigenvalue weighted by Crippen LogP contribution is -2.49. The Bertz CT molecular complexity index is 1040. The average Bonchev–Trinajstić information content (AvgIpc) is 2.99. The normalized spacial score (nSPS) is 16.4. The molecule has 2 atom stereocenters. The zero-order chi connectivity index (χ0) is 22.2. The van der Waals surface area contributed by atoms with Crippen molar-refractivity contribution < 1.29 is 14.3 Å². The van der Waals surface area contributed by atoms with Gasteiger partial charge in [-0.3, -0.25) is 14.9 Å². The third-order valence-electron chi connectivity index (χ3n) is 5.77. The number of carbonyl (C=O) groups is 2. The van der Waals surface area contributed by atoms with Gasteiger partial charge < -0.3 is 10.1 Å². The van der Waals surface area contributed by atoms with Gasteiger partial charge in [-0.2, -0.15) is 0 Å². The summed E-state index contributed by atoms with van der Waals surface area (Å²) in [6.07, 6.45) is 2.65. The van der Waals surface area contributed by atoms with Gasteiger partial charge in [0.2, 0.25) is 5.91 Å². The summed E-state index contributed by atoms with van der Waals surface area (Å²) >= 11 is 0. The van der Waals surface area contributed by atoms with E-state index < -0.39 is 12.1 Å². The summed E-state index contributed by atoms with van der Waals surface area (Å²) in [5.74, 6) is -0.449. The molecule has 0 spiro atoms. The number of nitrogens with one attached hydrogen (secondary N) is 2. The molecule has 0 saturated heterocycles. The molecule has 1 heterocycles. The molecule has 0 fully saturated rings. The molecular weight excluding hydrogens is 400 g/mol. The summed E-state index contributed by atoms with van der Waals surface area (Å²) in [6.45, 7) is 0.214. The average molecular weight is 429 g/mol. The molecule has 2 N–H and O–H groups in total. The number of ether oxygens (including phenoxy) is 1.